The van der Waals surface area contributed by atoms with Crippen molar-refractivity contribution in [2.75, 3.05) is 13.7 Å². The molecular formula is C11H11O4. The Morgan fingerprint density at radius 2 is 2.07 bits per heavy atom. The van der Waals surface area contributed by atoms with Gasteiger partial charge in [0.1, 0.15) is 12.4 Å². The minimum atomic E-state index is -1.16. The first-order valence-electron chi connectivity index (χ1n) is 4.39. The molecule has 0 heterocycles. The zero-order valence-corrected chi connectivity index (χ0v) is 8.30. The summed E-state index contributed by atoms with van der Waals surface area (Å²) in [6.07, 6.45) is 0.327. The zero-order valence-electron chi connectivity index (χ0n) is 8.30. The Kier molecular flexibility index (Phi) is 4.50. The van der Waals surface area contributed by atoms with Crippen molar-refractivity contribution in [1.82, 2.24) is 0 Å². The normalized spacial score (nSPS) is 11.8. The number of carbonyl (C=O) groups excluding carboxylic acids is 2. The second-order valence-corrected chi connectivity index (χ2v) is 2.80. The minimum Gasteiger partial charge on any atom is -0.486 e. The lowest BCUT2D eigenvalue weighted by Crippen LogP contribution is -2.29. The number of Topliss-reactive ketones (excluding diaryl/α,β-unsaturated/α-hetero) is 1. The first kappa shape index (κ1) is 11.4. The summed E-state index contributed by atoms with van der Waals surface area (Å²) in [5.41, 5.74) is 0. The fraction of sp³-hybridized carbons (Fsp3) is 0.273. The summed E-state index contributed by atoms with van der Waals surface area (Å²) in [4.78, 5) is 21.5. The van der Waals surface area contributed by atoms with Crippen molar-refractivity contribution in [3.8, 4) is 5.75 Å². The van der Waals surface area contributed by atoms with Crippen LogP contribution < -0.4 is 4.74 Å². The Hall–Kier alpha value is -1.68. The highest BCUT2D eigenvalue weighted by atomic mass is 16.5. The van der Waals surface area contributed by atoms with Crippen LogP contribution in [0.15, 0.2) is 30.3 Å². The molecule has 0 bridgehead atoms. The Bertz CT molecular complexity index is 321. The highest BCUT2D eigenvalue weighted by molar-refractivity contribution is 5.97. The highest BCUT2D eigenvalue weighted by Crippen LogP contribution is 2.08. The highest BCUT2D eigenvalue weighted by Gasteiger charge is 2.17. The Morgan fingerprint density at radius 1 is 1.40 bits per heavy atom. The molecule has 1 radical (unpaired) electrons. The molecule has 0 amide bonds. The number of para-hydroxylation sites is 1. The molecule has 1 atom stereocenters. The second-order valence-electron chi connectivity index (χ2n) is 2.80. The molecule has 1 aromatic carbocycles. The number of ether oxygens (including phenoxy) is 2. The van der Waals surface area contributed by atoms with E-state index in [4.69, 9.17) is 4.74 Å². The van der Waals surface area contributed by atoms with Crippen LogP contribution in [0.1, 0.15) is 0 Å². The van der Waals surface area contributed by atoms with Gasteiger partial charge in [0.2, 0.25) is 12.1 Å². The molecule has 79 valence electrons. The number of methoxy groups -OCH3 is 1. The van der Waals surface area contributed by atoms with E-state index in [-0.39, 0.29) is 6.61 Å². The van der Waals surface area contributed by atoms with Gasteiger partial charge in [-0.3, -0.25) is 9.59 Å². The SMILES string of the molecule is COC([C]=O)C(=O)COc1ccccc1. The third-order valence-corrected chi connectivity index (χ3v) is 1.76. The number of benzene rings is 1. The van der Waals surface area contributed by atoms with E-state index in [9.17, 15) is 9.59 Å². The summed E-state index contributed by atoms with van der Waals surface area (Å²) in [5, 5.41) is 0. The molecule has 0 aliphatic heterocycles. The number of hydrogen-bond acceptors (Lipinski definition) is 4. The minimum absolute atomic E-state index is 0.197. The van der Waals surface area contributed by atoms with Gasteiger partial charge < -0.3 is 9.47 Å². The van der Waals surface area contributed by atoms with E-state index in [1.54, 1.807) is 24.3 Å². The fourth-order valence-electron chi connectivity index (χ4n) is 0.992. The maximum Gasteiger partial charge on any atom is 0.238 e. The predicted molar refractivity (Wildman–Crippen MR) is 53.4 cm³/mol. The van der Waals surface area contributed by atoms with Crippen LogP contribution in [-0.2, 0) is 14.3 Å². The van der Waals surface area contributed by atoms with Gasteiger partial charge in [-0.2, -0.15) is 0 Å². The van der Waals surface area contributed by atoms with Crippen molar-refractivity contribution < 1.29 is 19.1 Å². The molecule has 0 aromatic heterocycles. The quantitative estimate of drug-likeness (QED) is 0.646. The number of hydrogen-bond donors (Lipinski definition) is 0. The first-order chi connectivity index (χ1) is 7.27. The lowest BCUT2D eigenvalue weighted by Gasteiger charge is -2.07. The molecule has 0 saturated carbocycles. The van der Waals surface area contributed by atoms with Crippen molar-refractivity contribution in [3.63, 3.8) is 0 Å². The summed E-state index contributed by atoms with van der Waals surface area (Å²) >= 11 is 0. The van der Waals surface area contributed by atoms with Crippen molar-refractivity contribution in [2.45, 2.75) is 6.10 Å². The van der Waals surface area contributed by atoms with Gasteiger partial charge in [-0.25, -0.2) is 0 Å². The molecule has 1 rings (SSSR count). The first-order valence-corrected chi connectivity index (χ1v) is 4.39. The Morgan fingerprint density at radius 3 is 2.60 bits per heavy atom. The molecule has 4 nitrogen and oxygen atoms in total. The van der Waals surface area contributed by atoms with Crippen LogP contribution in [0.4, 0.5) is 0 Å². The molecule has 0 fully saturated rings. The van der Waals surface area contributed by atoms with Gasteiger partial charge in [0, 0.05) is 7.11 Å². The standard InChI is InChI=1S/C11H11O4/c1-14-11(7-12)10(13)8-15-9-5-3-2-4-6-9/h2-6,11H,8H2,1H3. The van der Waals surface area contributed by atoms with Gasteiger partial charge in [-0.1, -0.05) is 18.2 Å². The second kappa shape index (κ2) is 5.93. The number of ketones is 1. The molecule has 15 heavy (non-hydrogen) atoms. The lowest BCUT2D eigenvalue weighted by molar-refractivity contribution is -0.127. The fourth-order valence-corrected chi connectivity index (χ4v) is 0.992. The van der Waals surface area contributed by atoms with Crippen LogP contribution in [0.25, 0.3) is 0 Å². The van der Waals surface area contributed by atoms with E-state index in [0.29, 0.717) is 5.75 Å². The molecule has 1 aromatic rings. The van der Waals surface area contributed by atoms with E-state index < -0.39 is 11.9 Å². The summed E-state index contributed by atoms with van der Waals surface area (Å²) in [7, 11) is 1.27. The van der Waals surface area contributed by atoms with Crippen molar-refractivity contribution >= 4 is 12.1 Å². The van der Waals surface area contributed by atoms with Crippen molar-refractivity contribution in [3.05, 3.63) is 30.3 Å². The maximum absolute atomic E-state index is 11.3. The van der Waals surface area contributed by atoms with Crippen LogP contribution in [0.3, 0.4) is 0 Å². The third-order valence-electron chi connectivity index (χ3n) is 1.76. The van der Waals surface area contributed by atoms with Crippen LogP contribution in [0.2, 0.25) is 0 Å². The van der Waals surface area contributed by atoms with E-state index in [1.165, 1.54) is 13.4 Å². The number of carbonyl (C=O) groups is 1. The van der Waals surface area contributed by atoms with E-state index in [0.717, 1.165) is 0 Å². The predicted octanol–water partition coefficient (Wildman–Crippen LogP) is 0.759. The van der Waals surface area contributed by atoms with Gasteiger partial charge in [0.05, 0.1) is 0 Å². The molecular weight excluding hydrogens is 196 g/mol. The van der Waals surface area contributed by atoms with Gasteiger partial charge in [0.25, 0.3) is 0 Å². The van der Waals surface area contributed by atoms with Gasteiger partial charge in [0.15, 0.2) is 6.10 Å². The monoisotopic (exact) mass is 207 g/mol. The van der Waals surface area contributed by atoms with Gasteiger partial charge in [-0.05, 0) is 12.1 Å². The smallest absolute Gasteiger partial charge is 0.238 e. The average molecular weight is 207 g/mol. The van der Waals surface area contributed by atoms with E-state index in [2.05, 4.69) is 4.74 Å². The van der Waals surface area contributed by atoms with Crippen LogP contribution in [0.5, 0.6) is 5.75 Å². The molecule has 0 saturated heterocycles. The lowest BCUT2D eigenvalue weighted by atomic mass is 10.2. The summed E-state index contributed by atoms with van der Waals surface area (Å²) in [6.45, 7) is -0.197. The largest absolute Gasteiger partial charge is 0.486 e. The van der Waals surface area contributed by atoms with Gasteiger partial charge >= 0.3 is 0 Å². The average Bonchev–Trinajstić information content (AvgIpc) is 2.29. The van der Waals surface area contributed by atoms with Crippen LogP contribution in [0, 0.1) is 0 Å². The topological polar surface area (TPSA) is 52.6 Å². The molecule has 1 unspecified atom stereocenters. The van der Waals surface area contributed by atoms with Crippen molar-refractivity contribution in [2.24, 2.45) is 0 Å². The van der Waals surface area contributed by atoms with E-state index >= 15 is 0 Å². The summed E-state index contributed by atoms with van der Waals surface area (Å²) in [6, 6.07) is 8.87. The molecule has 0 aliphatic rings. The summed E-state index contributed by atoms with van der Waals surface area (Å²) < 4.78 is 9.74. The number of rotatable bonds is 6. The Balaban J connectivity index is 2.44. The maximum atomic E-state index is 11.3. The van der Waals surface area contributed by atoms with E-state index in [1.807, 2.05) is 6.07 Å². The molecule has 0 spiro atoms. The van der Waals surface area contributed by atoms with Crippen LogP contribution in [-0.4, -0.2) is 31.9 Å². The summed E-state index contributed by atoms with van der Waals surface area (Å²) in [5.74, 6) is 0.128. The molecule has 4 heteroatoms. The molecule has 0 aliphatic carbocycles. The zero-order chi connectivity index (χ0) is 11.1. The Labute approximate surface area is 87.8 Å². The molecule has 0 N–H and O–H groups in total. The third kappa shape index (κ3) is 3.52. The van der Waals surface area contributed by atoms with Crippen molar-refractivity contribution in [1.29, 1.82) is 0 Å². The van der Waals surface area contributed by atoms with Crippen LogP contribution >= 0.6 is 0 Å². The van der Waals surface area contributed by atoms with Gasteiger partial charge in [-0.15, -0.1) is 0 Å².